The molecular formula is C19H17BrFN3O4S. The van der Waals surface area contributed by atoms with Gasteiger partial charge in [-0.1, -0.05) is 22.0 Å². The number of aliphatic imine (C=N–C) groups is 1. The van der Waals surface area contributed by atoms with Crippen LogP contribution in [-0.2, 0) is 19.1 Å². The molecule has 0 radical (unpaired) electrons. The number of amidine groups is 1. The van der Waals surface area contributed by atoms with Crippen molar-refractivity contribution in [1.82, 2.24) is 9.88 Å². The van der Waals surface area contributed by atoms with Gasteiger partial charge in [-0.25, -0.2) is 14.2 Å². The van der Waals surface area contributed by atoms with Crippen molar-refractivity contribution >= 4 is 45.5 Å². The summed E-state index contributed by atoms with van der Waals surface area (Å²) in [4.78, 5) is 34.9. The zero-order valence-electron chi connectivity index (χ0n) is 15.6. The van der Waals surface area contributed by atoms with E-state index in [0.29, 0.717) is 27.2 Å². The molecule has 2 aromatic rings. The molecule has 0 bridgehead atoms. The number of carbonyl (C=O) groups excluding carboxylic acids is 2. The molecule has 0 saturated carbocycles. The van der Waals surface area contributed by atoms with Crippen molar-refractivity contribution in [2.24, 2.45) is 4.99 Å². The third kappa shape index (κ3) is 4.29. The number of amides is 1. The fourth-order valence-corrected chi connectivity index (χ4v) is 4.14. The lowest BCUT2D eigenvalue weighted by atomic mass is 9.95. The van der Waals surface area contributed by atoms with Crippen molar-refractivity contribution in [3.05, 3.63) is 61.9 Å². The van der Waals surface area contributed by atoms with Crippen molar-refractivity contribution in [3.8, 4) is 0 Å². The van der Waals surface area contributed by atoms with Crippen LogP contribution in [0, 0.1) is 5.82 Å². The first-order valence-corrected chi connectivity index (χ1v) is 10.2. The molecule has 2 heterocycles. The van der Waals surface area contributed by atoms with E-state index in [4.69, 9.17) is 9.47 Å². The number of esters is 1. The highest BCUT2D eigenvalue weighted by Crippen LogP contribution is 2.39. The van der Waals surface area contributed by atoms with Crippen molar-refractivity contribution in [2.45, 2.75) is 13.0 Å². The van der Waals surface area contributed by atoms with Crippen molar-refractivity contribution < 1.29 is 23.5 Å². The first-order chi connectivity index (χ1) is 14.0. The largest absolute Gasteiger partial charge is 0.463 e. The summed E-state index contributed by atoms with van der Waals surface area (Å²) in [6.07, 6.45) is 2.15. The molecule has 0 N–H and O–H groups in total. The fraction of sp³-hybridized carbons (Fsp3) is 0.263. The van der Waals surface area contributed by atoms with Gasteiger partial charge in [0.05, 0.1) is 24.5 Å². The van der Waals surface area contributed by atoms with Crippen LogP contribution in [0.2, 0.25) is 0 Å². The van der Waals surface area contributed by atoms with Gasteiger partial charge in [0.25, 0.3) is 0 Å². The standard InChI is InChI=1S/C19H17BrFN3O4S/c1-3-28-19(26)15-14(9-27-2)24(10-25)17(18-22-6-7-29-18)23-16(15)12-5-4-11(21)8-13(12)20/h4-8,10,16H,3,9H2,1-2H3. The van der Waals surface area contributed by atoms with E-state index in [-0.39, 0.29) is 24.6 Å². The quantitative estimate of drug-likeness (QED) is 0.446. The minimum atomic E-state index is -0.843. The number of rotatable bonds is 7. The number of benzene rings is 1. The SMILES string of the molecule is CCOC(=O)C1=C(COC)N(C=O)C(c2nccs2)=NC1c1ccc(F)cc1Br. The monoisotopic (exact) mass is 481 g/mol. The molecular weight excluding hydrogens is 465 g/mol. The molecule has 3 rings (SSSR count). The van der Waals surface area contributed by atoms with Crippen molar-refractivity contribution in [2.75, 3.05) is 20.3 Å². The number of nitrogens with zero attached hydrogens (tertiary/aromatic N) is 3. The summed E-state index contributed by atoms with van der Waals surface area (Å²) in [6, 6.07) is 3.26. The van der Waals surface area contributed by atoms with Crippen LogP contribution in [0.1, 0.15) is 23.5 Å². The maximum atomic E-state index is 13.7. The number of carbonyl (C=O) groups is 2. The molecule has 0 spiro atoms. The Bertz CT molecular complexity index is 978. The summed E-state index contributed by atoms with van der Waals surface area (Å²) in [6.45, 7) is 1.79. The lowest BCUT2D eigenvalue weighted by Crippen LogP contribution is -2.39. The molecule has 0 aliphatic carbocycles. The van der Waals surface area contributed by atoms with Crippen LogP contribution in [-0.4, -0.2) is 48.4 Å². The lowest BCUT2D eigenvalue weighted by molar-refractivity contribution is -0.139. The Balaban J connectivity index is 2.27. The molecule has 29 heavy (non-hydrogen) atoms. The lowest BCUT2D eigenvalue weighted by Gasteiger charge is -2.32. The molecule has 0 fully saturated rings. The van der Waals surface area contributed by atoms with Crippen LogP contribution in [0.5, 0.6) is 0 Å². The minimum Gasteiger partial charge on any atom is -0.463 e. The summed E-state index contributed by atoms with van der Waals surface area (Å²) in [5.74, 6) is -0.792. The maximum absolute atomic E-state index is 13.7. The van der Waals surface area contributed by atoms with E-state index in [9.17, 15) is 14.0 Å². The van der Waals surface area contributed by atoms with Gasteiger partial charge >= 0.3 is 5.97 Å². The predicted molar refractivity (Wildman–Crippen MR) is 109 cm³/mol. The Morgan fingerprint density at radius 1 is 1.45 bits per heavy atom. The molecule has 1 aromatic heterocycles. The average Bonchev–Trinajstić information content (AvgIpc) is 3.22. The van der Waals surface area contributed by atoms with E-state index in [1.165, 1.54) is 41.5 Å². The Morgan fingerprint density at radius 2 is 2.24 bits per heavy atom. The molecule has 10 heteroatoms. The van der Waals surface area contributed by atoms with E-state index < -0.39 is 17.8 Å². The smallest absolute Gasteiger partial charge is 0.338 e. The second-order valence-electron chi connectivity index (χ2n) is 5.85. The molecule has 1 atom stereocenters. The fourth-order valence-electron chi connectivity index (χ4n) is 2.94. The highest BCUT2D eigenvalue weighted by atomic mass is 79.9. The molecule has 1 aliphatic rings. The third-order valence-corrected chi connectivity index (χ3v) is 5.57. The predicted octanol–water partition coefficient (Wildman–Crippen LogP) is 3.47. The first kappa shape index (κ1) is 21.3. The molecule has 1 unspecified atom stereocenters. The second kappa shape index (κ2) is 9.38. The Kier molecular flexibility index (Phi) is 6.88. The van der Waals surface area contributed by atoms with Gasteiger partial charge in [0.2, 0.25) is 6.41 Å². The maximum Gasteiger partial charge on any atom is 0.338 e. The topological polar surface area (TPSA) is 81.1 Å². The zero-order valence-corrected chi connectivity index (χ0v) is 18.0. The van der Waals surface area contributed by atoms with Gasteiger partial charge in [0, 0.05) is 23.2 Å². The minimum absolute atomic E-state index is 0.0351. The molecule has 1 aromatic carbocycles. The number of hydrogen-bond donors (Lipinski definition) is 0. The second-order valence-corrected chi connectivity index (χ2v) is 7.60. The average molecular weight is 482 g/mol. The van der Waals surface area contributed by atoms with E-state index in [1.807, 2.05) is 0 Å². The van der Waals surface area contributed by atoms with Crippen molar-refractivity contribution in [1.29, 1.82) is 0 Å². The summed E-state index contributed by atoms with van der Waals surface area (Å²) in [7, 11) is 1.45. The van der Waals surface area contributed by atoms with Crippen LogP contribution in [0.25, 0.3) is 0 Å². The number of thiazole rings is 1. The third-order valence-electron chi connectivity index (χ3n) is 4.12. The molecule has 152 valence electrons. The van der Waals surface area contributed by atoms with Crippen LogP contribution in [0.4, 0.5) is 4.39 Å². The number of methoxy groups -OCH3 is 1. The number of halogens is 2. The van der Waals surface area contributed by atoms with E-state index in [0.717, 1.165) is 0 Å². The Morgan fingerprint density at radius 3 is 2.83 bits per heavy atom. The normalized spacial score (nSPS) is 16.6. The summed E-state index contributed by atoms with van der Waals surface area (Å²) in [5.41, 5.74) is 0.985. The number of hydrogen-bond acceptors (Lipinski definition) is 7. The van der Waals surface area contributed by atoms with Gasteiger partial charge in [0.1, 0.15) is 11.9 Å². The zero-order chi connectivity index (χ0) is 21.0. The van der Waals surface area contributed by atoms with Gasteiger partial charge in [0.15, 0.2) is 10.8 Å². The number of aromatic nitrogens is 1. The van der Waals surface area contributed by atoms with Gasteiger partial charge < -0.3 is 9.47 Å². The van der Waals surface area contributed by atoms with Crippen molar-refractivity contribution in [3.63, 3.8) is 0 Å². The summed E-state index contributed by atoms with van der Waals surface area (Å²) >= 11 is 4.65. The van der Waals surface area contributed by atoms with Crippen LogP contribution in [0.15, 0.2) is 50.5 Å². The molecule has 7 nitrogen and oxygen atoms in total. The van der Waals surface area contributed by atoms with E-state index >= 15 is 0 Å². The molecule has 1 aliphatic heterocycles. The number of ether oxygens (including phenoxy) is 2. The summed E-state index contributed by atoms with van der Waals surface area (Å²) in [5, 5.41) is 2.25. The van der Waals surface area contributed by atoms with Gasteiger partial charge in [-0.15, -0.1) is 11.3 Å². The Labute approximate surface area is 179 Å². The molecule has 0 saturated heterocycles. The highest BCUT2D eigenvalue weighted by molar-refractivity contribution is 9.10. The van der Waals surface area contributed by atoms with E-state index in [2.05, 4.69) is 25.9 Å². The van der Waals surface area contributed by atoms with Crippen LogP contribution in [0.3, 0.4) is 0 Å². The van der Waals surface area contributed by atoms with Gasteiger partial charge in [-0.05, 0) is 24.6 Å². The first-order valence-electron chi connectivity index (χ1n) is 8.58. The summed E-state index contributed by atoms with van der Waals surface area (Å²) < 4.78 is 24.6. The van der Waals surface area contributed by atoms with E-state index in [1.54, 1.807) is 18.5 Å². The molecule has 1 amide bonds. The Hall–Kier alpha value is -2.43. The van der Waals surface area contributed by atoms with Gasteiger partial charge in [-0.3, -0.25) is 14.7 Å². The van der Waals surface area contributed by atoms with Crippen LogP contribution >= 0.6 is 27.3 Å². The van der Waals surface area contributed by atoms with Crippen LogP contribution < -0.4 is 0 Å². The van der Waals surface area contributed by atoms with Gasteiger partial charge in [-0.2, -0.15) is 0 Å². The highest BCUT2D eigenvalue weighted by Gasteiger charge is 2.37.